The first-order valence-electron chi connectivity index (χ1n) is 5.43. The van der Waals surface area contributed by atoms with Gasteiger partial charge in [-0.05, 0) is 12.8 Å². The Morgan fingerprint density at radius 2 is 2.21 bits per heavy atom. The highest BCUT2D eigenvalue weighted by Gasteiger charge is 2.40. The number of rotatable bonds is 4. The van der Waals surface area contributed by atoms with Crippen LogP contribution in [0.5, 0.6) is 0 Å². The van der Waals surface area contributed by atoms with Gasteiger partial charge in [-0.15, -0.1) is 0 Å². The van der Waals surface area contributed by atoms with Crippen molar-refractivity contribution in [2.45, 2.75) is 23.9 Å². The lowest BCUT2D eigenvalue weighted by atomic mass is 10.2. The molecule has 104 valence electrons. The van der Waals surface area contributed by atoms with E-state index in [1.807, 2.05) is 0 Å². The lowest BCUT2D eigenvalue weighted by Gasteiger charge is -2.20. The topological polar surface area (TPSA) is 146 Å². The highest BCUT2D eigenvalue weighted by atomic mass is 32.2. The van der Waals surface area contributed by atoms with Crippen LogP contribution in [0.15, 0.2) is 11.2 Å². The minimum atomic E-state index is -4.13. The normalized spacial score (nSPS) is 20.5. The predicted molar refractivity (Wildman–Crippen MR) is 61.7 cm³/mol. The Balaban J connectivity index is 2.45. The molecule has 1 aliphatic heterocycles. The summed E-state index contributed by atoms with van der Waals surface area (Å²) in [6, 6.07) is -0.949. The number of hydrogen-bond acceptors (Lipinski definition) is 5. The van der Waals surface area contributed by atoms with E-state index >= 15 is 0 Å². The van der Waals surface area contributed by atoms with E-state index in [1.165, 1.54) is 0 Å². The Kier molecular flexibility index (Phi) is 3.28. The summed E-state index contributed by atoms with van der Waals surface area (Å²) < 4.78 is 25.6. The van der Waals surface area contributed by atoms with Crippen LogP contribution in [0.4, 0.5) is 0 Å². The van der Waals surface area contributed by atoms with E-state index in [1.54, 1.807) is 0 Å². The number of aromatic amines is 1. The number of nitrogens with one attached hydrogen (secondary N) is 1. The number of sulfonamides is 1. The number of hydrogen-bond donors (Lipinski definition) is 3. The maximum absolute atomic E-state index is 12.3. The van der Waals surface area contributed by atoms with Gasteiger partial charge in [0.2, 0.25) is 5.91 Å². The minimum absolute atomic E-state index is 0.119. The van der Waals surface area contributed by atoms with Gasteiger partial charge in [0.1, 0.15) is 11.6 Å². The number of carbonyl (C=O) groups excluding carboxylic acids is 1. The summed E-state index contributed by atoms with van der Waals surface area (Å²) in [5, 5.41) is 13.9. The van der Waals surface area contributed by atoms with Crippen LogP contribution in [0.2, 0.25) is 0 Å². The molecule has 1 aromatic heterocycles. The summed E-state index contributed by atoms with van der Waals surface area (Å²) in [5.41, 5.74) is 4.69. The second-order valence-corrected chi connectivity index (χ2v) is 5.92. The van der Waals surface area contributed by atoms with Gasteiger partial charge in [-0.3, -0.25) is 9.89 Å². The maximum Gasteiger partial charge on any atom is 0.340 e. The highest BCUT2D eigenvalue weighted by molar-refractivity contribution is 7.89. The van der Waals surface area contributed by atoms with Crippen LogP contribution in [-0.2, 0) is 14.8 Å². The van der Waals surface area contributed by atoms with Crippen molar-refractivity contribution in [2.24, 2.45) is 5.73 Å². The quantitative estimate of drug-likeness (QED) is 0.630. The Morgan fingerprint density at radius 3 is 2.79 bits per heavy atom. The van der Waals surface area contributed by atoms with Gasteiger partial charge in [0.25, 0.3) is 10.0 Å². The zero-order chi connectivity index (χ0) is 14.2. The first kappa shape index (κ1) is 13.5. The van der Waals surface area contributed by atoms with Crippen molar-refractivity contribution in [3.05, 3.63) is 11.8 Å². The maximum atomic E-state index is 12.3. The van der Waals surface area contributed by atoms with Gasteiger partial charge < -0.3 is 10.8 Å². The molecule has 19 heavy (non-hydrogen) atoms. The summed E-state index contributed by atoms with van der Waals surface area (Å²) in [5.74, 6) is -2.17. The van der Waals surface area contributed by atoms with Gasteiger partial charge in [-0.2, -0.15) is 9.40 Å². The molecular formula is C9H12N4O5S. The molecule has 10 heteroatoms. The predicted octanol–water partition coefficient (Wildman–Crippen LogP) is -1.25. The van der Waals surface area contributed by atoms with Gasteiger partial charge in [0.05, 0.1) is 6.20 Å². The molecule has 0 bridgehead atoms. The molecule has 1 aliphatic rings. The number of nitrogens with zero attached hydrogens (tertiary/aromatic N) is 2. The van der Waals surface area contributed by atoms with Crippen LogP contribution in [-0.4, -0.2) is 52.5 Å². The second-order valence-electron chi connectivity index (χ2n) is 4.09. The minimum Gasteiger partial charge on any atom is -0.478 e. The zero-order valence-corrected chi connectivity index (χ0v) is 10.6. The molecule has 0 aliphatic carbocycles. The van der Waals surface area contributed by atoms with Crippen molar-refractivity contribution >= 4 is 21.9 Å². The van der Waals surface area contributed by atoms with Crippen molar-refractivity contribution in [2.75, 3.05) is 6.54 Å². The molecule has 1 amide bonds. The first-order chi connectivity index (χ1) is 8.85. The number of primary amides is 1. The smallest absolute Gasteiger partial charge is 0.340 e. The van der Waals surface area contributed by atoms with Crippen molar-refractivity contribution in [3.63, 3.8) is 0 Å². The molecule has 2 heterocycles. The third kappa shape index (κ3) is 2.19. The molecule has 1 aromatic rings. The molecule has 1 saturated heterocycles. The molecule has 9 nitrogen and oxygen atoms in total. The largest absolute Gasteiger partial charge is 0.478 e. The van der Waals surface area contributed by atoms with Gasteiger partial charge >= 0.3 is 5.97 Å². The number of carboxylic acids is 1. The molecule has 0 radical (unpaired) electrons. The molecule has 1 atom stereocenters. The van der Waals surface area contributed by atoms with Gasteiger partial charge in [-0.1, -0.05) is 0 Å². The Labute approximate surface area is 108 Å². The number of H-pyrrole nitrogens is 1. The lowest BCUT2D eigenvalue weighted by Crippen LogP contribution is -2.44. The van der Waals surface area contributed by atoms with Crippen LogP contribution in [0.3, 0.4) is 0 Å². The fourth-order valence-corrected chi connectivity index (χ4v) is 3.79. The lowest BCUT2D eigenvalue weighted by molar-refractivity contribution is -0.121. The third-order valence-corrected chi connectivity index (χ3v) is 4.82. The van der Waals surface area contributed by atoms with E-state index < -0.39 is 38.5 Å². The van der Waals surface area contributed by atoms with E-state index in [0.717, 1.165) is 10.5 Å². The fourth-order valence-electron chi connectivity index (χ4n) is 2.05. The molecule has 0 spiro atoms. The molecule has 0 aromatic carbocycles. The molecule has 2 rings (SSSR count). The third-order valence-electron chi connectivity index (χ3n) is 2.93. The first-order valence-corrected chi connectivity index (χ1v) is 6.87. The standard InChI is InChI=1S/C9H12N4O5S/c10-7(14)6-2-1-3-13(6)19(17,18)8-5(9(15)16)4-11-12-8/h4,6H,1-3H2,(H2,10,14)(H,11,12)(H,15,16). The Bertz CT molecular complexity index is 622. The van der Waals surface area contributed by atoms with E-state index in [0.29, 0.717) is 12.8 Å². The molecular weight excluding hydrogens is 276 g/mol. The van der Waals surface area contributed by atoms with E-state index in [9.17, 15) is 18.0 Å². The van der Waals surface area contributed by atoms with Gasteiger partial charge in [-0.25, -0.2) is 13.2 Å². The monoisotopic (exact) mass is 288 g/mol. The fraction of sp³-hybridized carbons (Fsp3) is 0.444. The summed E-state index contributed by atoms with van der Waals surface area (Å²) in [6.45, 7) is 0.119. The summed E-state index contributed by atoms with van der Waals surface area (Å²) >= 11 is 0. The average molecular weight is 288 g/mol. The molecule has 4 N–H and O–H groups in total. The molecule has 1 fully saturated rings. The second kappa shape index (κ2) is 4.63. The highest BCUT2D eigenvalue weighted by Crippen LogP contribution is 2.26. The van der Waals surface area contributed by atoms with Crippen LogP contribution >= 0.6 is 0 Å². The van der Waals surface area contributed by atoms with Crippen molar-refractivity contribution in [1.82, 2.24) is 14.5 Å². The number of aromatic nitrogens is 2. The molecule has 1 unspecified atom stereocenters. The van der Waals surface area contributed by atoms with E-state index in [4.69, 9.17) is 10.8 Å². The number of carbonyl (C=O) groups is 2. The van der Waals surface area contributed by atoms with Crippen molar-refractivity contribution < 1.29 is 23.1 Å². The molecule has 0 saturated carbocycles. The number of carboxylic acid groups (broad SMARTS) is 1. The average Bonchev–Trinajstić information content (AvgIpc) is 2.98. The number of nitrogens with two attached hydrogens (primary N) is 1. The van der Waals surface area contributed by atoms with Crippen LogP contribution in [0.25, 0.3) is 0 Å². The van der Waals surface area contributed by atoms with Crippen molar-refractivity contribution in [1.29, 1.82) is 0 Å². The van der Waals surface area contributed by atoms with Crippen LogP contribution in [0.1, 0.15) is 23.2 Å². The number of amides is 1. The summed E-state index contributed by atoms with van der Waals surface area (Å²) in [4.78, 5) is 22.1. The van der Waals surface area contributed by atoms with Gasteiger partial charge in [0.15, 0.2) is 5.03 Å². The summed E-state index contributed by atoms with van der Waals surface area (Å²) in [7, 11) is -4.13. The van der Waals surface area contributed by atoms with Crippen LogP contribution < -0.4 is 5.73 Å². The SMILES string of the molecule is NC(=O)C1CCCN1S(=O)(=O)c1[nH]ncc1C(=O)O. The summed E-state index contributed by atoms with van der Waals surface area (Å²) in [6.07, 6.45) is 1.72. The van der Waals surface area contributed by atoms with E-state index in [2.05, 4.69) is 10.2 Å². The Hall–Kier alpha value is -1.94. The zero-order valence-electron chi connectivity index (χ0n) is 9.74. The van der Waals surface area contributed by atoms with E-state index in [-0.39, 0.29) is 6.54 Å². The number of aromatic carboxylic acids is 1. The van der Waals surface area contributed by atoms with Crippen molar-refractivity contribution in [3.8, 4) is 0 Å². The Morgan fingerprint density at radius 1 is 1.53 bits per heavy atom. The van der Waals surface area contributed by atoms with Gasteiger partial charge in [0, 0.05) is 6.54 Å². The van der Waals surface area contributed by atoms with Crippen LogP contribution in [0, 0.1) is 0 Å².